The van der Waals surface area contributed by atoms with Crippen molar-refractivity contribution in [3.63, 3.8) is 0 Å². The van der Waals surface area contributed by atoms with Crippen molar-refractivity contribution < 1.29 is 14.3 Å². The molecule has 4 atom stereocenters. The Morgan fingerprint density at radius 3 is 2.61 bits per heavy atom. The summed E-state index contributed by atoms with van der Waals surface area (Å²) in [5.41, 5.74) is 4.62. The van der Waals surface area contributed by atoms with Crippen LogP contribution in [0.15, 0.2) is 61.1 Å². The van der Waals surface area contributed by atoms with Gasteiger partial charge in [0.1, 0.15) is 23.4 Å². The maximum absolute atomic E-state index is 13.7. The highest BCUT2D eigenvalue weighted by Crippen LogP contribution is 2.39. The molecular formula is C40H53N11O3. The molecule has 0 radical (unpaired) electrons. The zero-order valence-corrected chi connectivity index (χ0v) is 31.9. The fourth-order valence-corrected chi connectivity index (χ4v) is 8.24. The number of urea groups is 1. The third kappa shape index (κ3) is 7.67. The van der Waals surface area contributed by atoms with Gasteiger partial charge in [0.25, 0.3) is 0 Å². The molecule has 6 heterocycles. The van der Waals surface area contributed by atoms with E-state index in [1.54, 1.807) is 10.9 Å². The zero-order valence-electron chi connectivity index (χ0n) is 31.9. The predicted molar refractivity (Wildman–Crippen MR) is 207 cm³/mol. The van der Waals surface area contributed by atoms with Crippen molar-refractivity contribution in [3.8, 4) is 11.4 Å². The summed E-state index contributed by atoms with van der Waals surface area (Å²) in [6.45, 7) is 14.0. The van der Waals surface area contributed by atoms with Crippen LogP contribution in [0.1, 0.15) is 101 Å². The maximum atomic E-state index is 13.7. The lowest BCUT2D eigenvalue weighted by molar-refractivity contribution is 0.140. The fraction of sp³-hybridized carbons (Fsp3) is 0.525. The Balaban J connectivity index is 0.951. The quantitative estimate of drug-likeness (QED) is 0.165. The van der Waals surface area contributed by atoms with E-state index in [2.05, 4.69) is 80.0 Å². The Bertz CT molecular complexity index is 2030. The van der Waals surface area contributed by atoms with Gasteiger partial charge in [0.05, 0.1) is 43.5 Å². The molecule has 2 N–H and O–H groups in total. The van der Waals surface area contributed by atoms with Gasteiger partial charge < -0.3 is 19.7 Å². The lowest BCUT2D eigenvalue weighted by atomic mass is 9.85. The molecule has 0 spiro atoms. The molecule has 14 nitrogen and oxygen atoms in total. The first-order valence-electron chi connectivity index (χ1n) is 19.7. The SMILES string of the molecule is CC(C)c1cc(NC(=O)N[C@H]2CC[C@@H](Oc3ccc4nnc(N5[C@H](C)CCC[C@@H]5C)n4c3)c3ccccc32)n(-c2cnn(CCN3CCCOCC3)c2)n1. The van der Waals surface area contributed by atoms with Gasteiger partial charge in [-0.3, -0.25) is 19.3 Å². The van der Waals surface area contributed by atoms with Gasteiger partial charge in [0.2, 0.25) is 5.95 Å². The number of anilines is 2. The van der Waals surface area contributed by atoms with Crippen LogP contribution in [0.4, 0.5) is 16.6 Å². The molecule has 2 fully saturated rings. The van der Waals surface area contributed by atoms with Crippen LogP contribution in [0, 0.1) is 0 Å². The van der Waals surface area contributed by atoms with Crippen molar-refractivity contribution in [2.45, 2.75) is 103 Å². The average Bonchev–Trinajstić information content (AvgIpc) is 3.86. The number of rotatable bonds is 10. The number of ether oxygens (including phenoxy) is 2. The van der Waals surface area contributed by atoms with Crippen molar-refractivity contribution in [1.82, 2.24) is 44.4 Å². The molecule has 3 aliphatic rings. The number of nitrogens with one attached hydrogen (secondary N) is 2. The molecular weight excluding hydrogens is 683 g/mol. The first-order chi connectivity index (χ1) is 26.3. The van der Waals surface area contributed by atoms with Gasteiger partial charge in [-0.2, -0.15) is 10.2 Å². The summed E-state index contributed by atoms with van der Waals surface area (Å²) in [5, 5.41) is 24.9. The average molecular weight is 736 g/mol. The first kappa shape index (κ1) is 36.0. The molecule has 2 aliphatic heterocycles. The number of pyridine rings is 1. The van der Waals surface area contributed by atoms with E-state index in [0.717, 1.165) is 111 Å². The molecule has 14 heteroatoms. The highest BCUT2D eigenvalue weighted by Gasteiger charge is 2.31. The molecule has 1 aromatic carbocycles. The molecule has 0 bridgehead atoms. The van der Waals surface area contributed by atoms with Crippen molar-refractivity contribution in [2.75, 3.05) is 43.1 Å². The summed E-state index contributed by atoms with van der Waals surface area (Å²) in [4.78, 5) is 18.5. The third-order valence-corrected chi connectivity index (χ3v) is 11.2. The summed E-state index contributed by atoms with van der Waals surface area (Å²) in [6.07, 6.45) is 11.7. The van der Waals surface area contributed by atoms with E-state index in [1.165, 1.54) is 6.42 Å². The van der Waals surface area contributed by atoms with Gasteiger partial charge in [0, 0.05) is 44.4 Å². The molecule has 2 amide bonds. The number of carbonyl (C=O) groups excluding carboxylic acids is 1. The standard InChI is InChI=1S/C40H53N11O3/c1-27(2)35-23-38(51(46-35)30-24-41-48(25-30)19-18-47-17-8-21-53-22-20-47)43-39(52)42-34-14-15-36(33-12-6-5-11-32(33)34)54-31-13-16-37-44-45-40(49(37)26-31)50-28(3)9-7-10-29(50)4/h5-6,11-13,16,23-29,34,36H,7-10,14-15,17-22H2,1-4H3,(H2,42,43,52)/t28-,29+,34-,36+/m0/s1. The van der Waals surface area contributed by atoms with E-state index < -0.39 is 0 Å². The van der Waals surface area contributed by atoms with Crippen molar-refractivity contribution in [1.29, 1.82) is 0 Å². The molecule has 8 rings (SSSR count). The third-order valence-electron chi connectivity index (χ3n) is 11.2. The van der Waals surface area contributed by atoms with Crippen LogP contribution in [-0.4, -0.2) is 90.0 Å². The molecule has 286 valence electrons. The predicted octanol–water partition coefficient (Wildman–Crippen LogP) is 6.50. The Kier molecular flexibility index (Phi) is 10.5. The van der Waals surface area contributed by atoms with E-state index in [1.807, 2.05) is 47.4 Å². The minimum atomic E-state index is -0.284. The summed E-state index contributed by atoms with van der Waals surface area (Å²) in [5.74, 6) is 2.41. The number of carbonyl (C=O) groups is 1. The number of benzene rings is 1. The second-order valence-corrected chi connectivity index (χ2v) is 15.4. The number of hydrogen-bond donors (Lipinski definition) is 2. The lowest BCUT2D eigenvalue weighted by Gasteiger charge is -2.39. The number of nitrogens with zero attached hydrogens (tertiary/aromatic N) is 9. The highest BCUT2D eigenvalue weighted by molar-refractivity contribution is 5.89. The van der Waals surface area contributed by atoms with Crippen LogP contribution in [0.3, 0.4) is 0 Å². The molecule has 4 aromatic heterocycles. The lowest BCUT2D eigenvalue weighted by Crippen LogP contribution is -2.44. The summed E-state index contributed by atoms with van der Waals surface area (Å²) >= 11 is 0. The molecule has 54 heavy (non-hydrogen) atoms. The topological polar surface area (TPSA) is 132 Å². The van der Waals surface area contributed by atoms with E-state index in [-0.39, 0.29) is 24.1 Å². The minimum absolute atomic E-state index is 0.160. The normalized spacial score (nSPS) is 22.3. The molecule has 0 saturated carbocycles. The zero-order chi connectivity index (χ0) is 37.2. The van der Waals surface area contributed by atoms with E-state index >= 15 is 0 Å². The van der Waals surface area contributed by atoms with Crippen LogP contribution >= 0.6 is 0 Å². The van der Waals surface area contributed by atoms with Gasteiger partial charge >= 0.3 is 6.03 Å². The van der Waals surface area contributed by atoms with Gasteiger partial charge in [-0.1, -0.05) is 38.1 Å². The second kappa shape index (κ2) is 15.8. The molecule has 1 aliphatic carbocycles. The van der Waals surface area contributed by atoms with Gasteiger partial charge in [-0.15, -0.1) is 10.2 Å². The summed E-state index contributed by atoms with van der Waals surface area (Å²) in [7, 11) is 0. The Morgan fingerprint density at radius 2 is 1.78 bits per heavy atom. The minimum Gasteiger partial charge on any atom is -0.484 e. The smallest absolute Gasteiger partial charge is 0.320 e. The number of fused-ring (bicyclic) bond motifs is 2. The van der Waals surface area contributed by atoms with Crippen molar-refractivity contribution >= 4 is 23.4 Å². The van der Waals surface area contributed by atoms with Crippen molar-refractivity contribution in [2.24, 2.45) is 0 Å². The molecule has 5 aromatic rings. The van der Waals surface area contributed by atoms with Crippen LogP contribution in [0.5, 0.6) is 5.75 Å². The van der Waals surface area contributed by atoms with Gasteiger partial charge in [0.15, 0.2) is 5.65 Å². The van der Waals surface area contributed by atoms with E-state index in [9.17, 15) is 4.79 Å². The monoisotopic (exact) mass is 735 g/mol. The van der Waals surface area contributed by atoms with E-state index in [4.69, 9.17) is 14.6 Å². The van der Waals surface area contributed by atoms with E-state index in [0.29, 0.717) is 17.9 Å². The van der Waals surface area contributed by atoms with Gasteiger partial charge in [-0.25, -0.2) is 9.48 Å². The van der Waals surface area contributed by atoms with Crippen LogP contribution in [0.2, 0.25) is 0 Å². The number of amides is 2. The fourth-order valence-electron chi connectivity index (χ4n) is 8.24. The van der Waals surface area contributed by atoms with Crippen LogP contribution in [-0.2, 0) is 11.3 Å². The Labute approximate surface area is 316 Å². The van der Waals surface area contributed by atoms with Crippen LogP contribution < -0.4 is 20.3 Å². The first-order valence-corrected chi connectivity index (χ1v) is 19.7. The molecule has 0 unspecified atom stereocenters. The van der Waals surface area contributed by atoms with Gasteiger partial charge in [-0.05, 0) is 81.5 Å². The number of aromatic nitrogens is 7. The number of hydrogen-bond acceptors (Lipinski definition) is 9. The molecule has 2 saturated heterocycles. The summed E-state index contributed by atoms with van der Waals surface area (Å²) < 4.78 is 18.1. The number of piperidine rings is 1. The maximum Gasteiger partial charge on any atom is 0.320 e. The second-order valence-electron chi connectivity index (χ2n) is 15.4. The van der Waals surface area contributed by atoms with Crippen molar-refractivity contribution in [3.05, 3.63) is 77.9 Å². The Hall–Kier alpha value is -4.95. The van der Waals surface area contributed by atoms with Crippen LogP contribution in [0.25, 0.3) is 11.3 Å². The highest BCUT2D eigenvalue weighted by atomic mass is 16.5. The summed E-state index contributed by atoms with van der Waals surface area (Å²) in [6, 6.07) is 14.5. The largest absolute Gasteiger partial charge is 0.484 e. The Morgan fingerprint density at radius 1 is 0.944 bits per heavy atom.